The highest BCUT2D eigenvalue weighted by Gasteiger charge is 2.29. The Labute approximate surface area is 179 Å². The summed E-state index contributed by atoms with van der Waals surface area (Å²) in [5, 5.41) is 13.2. The third-order valence-electron chi connectivity index (χ3n) is 6.00. The molecule has 166 valence electrons. The predicted molar refractivity (Wildman–Crippen MR) is 116 cm³/mol. The Hall–Kier alpha value is -2.41. The molecule has 0 aromatic heterocycles. The van der Waals surface area contributed by atoms with Gasteiger partial charge < -0.3 is 20.6 Å². The fourth-order valence-corrected chi connectivity index (χ4v) is 4.32. The highest BCUT2D eigenvalue weighted by molar-refractivity contribution is 5.80. The minimum Gasteiger partial charge on any atom is -0.483 e. The Kier molecular flexibility index (Phi) is 10.3. The molecular weight excluding hydrogens is 382 g/mol. The lowest BCUT2D eigenvalue weighted by atomic mass is 9.85. The molecule has 2 amide bonds. The topological polar surface area (TPSA) is 98.7 Å². The minimum absolute atomic E-state index is 0.0924. The second kappa shape index (κ2) is 13.0. The monoisotopic (exact) mass is 417 g/mol. The Morgan fingerprint density at radius 3 is 2.37 bits per heavy atom. The van der Waals surface area contributed by atoms with Gasteiger partial charge in [-0.05, 0) is 64.1 Å². The molecule has 30 heavy (non-hydrogen) atoms. The molecule has 0 bridgehead atoms. The molecule has 7 heteroatoms. The molecule has 0 radical (unpaired) electrons. The van der Waals surface area contributed by atoms with Crippen LogP contribution in [-0.2, 0) is 20.8 Å². The number of hydrogen-bond acceptors (Lipinski definition) is 4. The van der Waals surface area contributed by atoms with Crippen LogP contribution in [0.4, 0.5) is 0 Å². The quantitative estimate of drug-likeness (QED) is 0.616. The molecule has 3 N–H and O–H groups in total. The van der Waals surface area contributed by atoms with E-state index >= 15 is 0 Å². The lowest BCUT2D eigenvalue weighted by molar-refractivity contribution is -0.128. The van der Waals surface area contributed by atoms with Crippen LogP contribution < -0.4 is 10.6 Å². The number of nitrogens with zero attached hydrogens (tertiary/aromatic N) is 1. The Morgan fingerprint density at radius 1 is 1.07 bits per heavy atom. The smallest absolute Gasteiger partial charge is 0.290 e. The number of rotatable bonds is 6. The Bertz CT molecular complexity index is 660. The van der Waals surface area contributed by atoms with Crippen molar-refractivity contribution in [1.82, 2.24) is 15.5 Å². The van der Waals surface area contributed by atoms with E-state index in [2.05, 4.69) is 34.7 Å². The third kappa shape index (κ3) is 8.14. The SMILES string of the molecule is CN1CCCC(C(=O)NC2CCC(C(=O)NCCc3ccccc3)CC2)C1.O=CO. The number of piperidine rings is 1. The van der Waals surface area contributed by atoms with Crippen molar-refractivity contribution in [1.29, 1.82) is 0 Å². The summed E-state index contributed by atoms with van der Waals surface area (Å²) in [6, 6.07) is 10.5. The number of benzene rings is 1. The van der Waals surface area contributed by atoms with E-state index in [1.165, 1.54) is 5.56 Å². The summed E-state index contributed by atoms with van der Waals surface area (Å²) >= 11 is 0. The lowest BCUT2D eigenvalue weighted by Gasteiger charge is -2.32. The van der Waals surface area contributed by atoms with Gasteiger partial charge in [0.2, 0.25) is 11.8 Å². The van der Waals surface area contributed by atoms with Crippen molar-refractivity contribution in [2.75, 3.05) is 26.7 Å². The van der Waals surface area contributed by atoms with E-state index in [1.54, 1.807) is 0 Å². The summed E-state index contributed by atoms with van der Waals surface area (Å²) in [5.41, 5.74) is 1.25. The van der Waals surface area contributed by atoms with Crippen LogP contribution in [0.15, 0.2) is 30.3 Å². The van der Waals surface area contributed by atoms with Crippen LogP contribution in [0, 0.1) is 11.8 Å². The predicted octanol–water partition coefficient (Wildman–Crippen LogP) is 2.06. The van der Waals surface area contributed by atoms with E-state index in [1.807, 2.05) is 18.2 Å². The number of carboxylic acid groups (broad SMARTS) is 1. The highest BCUT2D eigenvalue weighted by atomic mass is 16.3. The molecule has 1 aliphatic heterocycles. The van der Waals surface area contributed by atoms with Crippen LogP contribution in [0.5, 0.6) is 0 Å². The van der Waals surface area contributed by atoms with Gasteiger partial charge in [0.05, 0.1) is 5.92 Å². The molecular formula is C23H35N3O4. The summed E-state index contributed by atoms with van der Waals surface area (Å²) in [6.07, 6.45) is 6.52. The van der Waals surface area contributed by atoms with E-state index in [-0.39, 0.29) is 36.2 Å². The van der Waals surface area contributed by atoms with Gasteiger partial charge in [0, 0.05) is 25.0 Å². The van der Waals surface area contributed by atoms with Gasteiger partial charge in [0.25, 0.3) is 6.47 Å². The summed E-state index contributed by atoms with van der Waals surface area (Å²) in [4.78, 5) is 35.5. The van der Waals surface area contributed by atoms with Crippen LogP contribution in [0.2, 0.25) is 0 Å². The molecule has 3 rings (SSSR count). The van der Waals surface area contributed by atoms with Crippen LogP contribution >= 0.6 is 0 Å². The van der Waals surface area contributed by atoms with Crippen LogP contribution in [0.3, 0.4) is 0 Å². The van der Waals surface area contributed by atoms with Crippen LogP contribution in [-0.4, -0.2) is 61.0 Å². The fourth-order valence-electron chi connectivity index (χ4n) is 4.32. The molecule has 1 heterocycles. The van der Waals surface area contributed by atoms with Crippen molar-refractivity contribution >= 4 is 18.3 Å². The van der Waals surface area contributed by atoms with Gasteiger partial charge in [0.15, 0.2) is 0 Å². The highest BCUT2D eigenvalue weighted by Crippen LogP contribution is 2.25. The van der Waals surface area contributed by atoms with E-state index in [0.717, 1.165) is 58.0 Å². The van der Waals surface area contributed by atoms with Crippen LogP contribution in [0.25, 0.3) is 0 Å². The van der Waals surface area contributed by atoms with Gasteiger partial charge in [0.1, 0.15) is 0 Å². The molecule has 1 aromatic rings. The van der Waals surface area contributed by atoms with Crippen molar-refractivity contribution in [2.24, 2.45) is 11.8 Å². The standard InChI is InChI=1S/C22H33N3O2.CH2O2/c1-25-15-5-8-19(16-25)22(27)24-20-11-9-18(10-12-20)21(26)23-14-13-17-6-3-2-4-7-17;2-1-3/h2-4,6-7,18-20H,5,8-16H2,1H3,(H,23,26)(H,24,27);1H,(H,2,3). The van der Waals surface area contributed by atoms with E-state index < -0.39 is 0 Å². The zero-order valence-corrected chi connectivity index (χ0v) is 17.9. The summed E-state index contributed by atoms with van der Waals surface area (Å²) < 4.78 is 0. The Morgan fingerprint density at radius 2 is 1.73 bits per heavy atom. The van der Waals surface area contributed by atoms with Crippen LogP contribution in [0.1, 0.15) is 44.1 Å². The first-order valence-corrected chi connectivity index (χ1v) is 10.9. The Balaban J connectivity index is 0.00000101. The molecule has 2 fully saturated rings. The number of carbonyl (C=O) groups excluding carboxylic acids is 2. The van der Waals surface area contributed by atoms with Crippen molar-refractivity contribution < 1.29 is 19.5 Å². The van der Waals surface area contributed by atoms with Crippen molar-refractivity contribution in [2.45, 2.75) is 51.0 Å². The molecule has 1 saturated heterocycles. The molecule has 0 spiro atoms. The van der Waals surface area contributed by atoms with Gasteiger partial charge in [-0.3, -0.25) is 14.4 Å². The largest absolute Gasteiger partial charge is 0.483 e. The molecule has 1 atom stereocenters. The van der Waals surface area contributed by atoms with E-state index in [0.29, 0.717) is 6.54 Å². The molecule has 1 aromatic carbocycles. The summed E-state index contributed by atoms with van der Waals surface area (Å²) in [7, 11) is 2.08. The molecule has 7 nitrogen and oxygen atoms in total. The first kappa shape index (κ1) is 23.9. The van der Waals surface area contributed by atoms with Gasteiger partial charge in [-0.1, -0.05) is 30.3 Å². The van der Waals surface area contributed by atoms with Crippen molar-refractivity contribution in [3.8, 4) is 0 Å². The number of nitrogens with one attached hydrogen (secondary N) is 2. The van der Waals surface area contributed by atoms with Gasteiger partial charge in [-0.15, -0.1) is 0 Å². The minimum atomic E-state index is -0.250. The normalized spacial score (nSPS) is 24.1. The second-order valence-corrected chi connectivity index (χ2v) is 8.29. The average molecular weight is 418 g/mol. The first-order valence-electron chi connectivity index (χ1n) is 10.9. The number of hydrogen-bond donors (Lipinski definition) is 3. The number of amides is 2. The zero-order chi connectivity index (χ0) is 21.8. The maximum atomic E-state index is 12.5. The first-order chi connectivity index (χ1) is 14.5. The second-order valence-electron chi connectivity index (χ2n) is 8.29. The lowest BCUT2D eigenvalue weighted by Crippen LogP contribution is -2.46. The molecule has 1 aliphatic carbocycles. The van der Waals surface area contributed by atoms with E-state index in [4.69, 9.17) is 9.90 Å². The van der Waals surface area contributed by atoms with Crippen molar-refractivity contribution in [3.63, 3.8) is 0 Å². The van der Waals surface area contributed by atoms with Gasteiger partial charge in [-0.25, -0.2) is 0 Å². The zero-order valence-electron chi connectivity index (χ0n) is 17.9. The fraction of sp³-hybridized carbons (Fsp3) is 0.609. The molecule has 2 aliphatic rings. The summed E-state index contributed by atoms with van der Waals surface area (Å²) in [5.74, 6) is 0.597. The maximum absolute atomic E-state index is 12.5. The molecule has 1 unspecified atom stereocenters. The van der Waals surface area contributed by atoms with E-state index in [9.17, 15) is 9.59 Å². The number of carbonyl (C=O) groups is 3. The summed E-state index contributed by atoms with van der Waals surface area (Å²) in [6.45, 7) is 2.40. The maximum Gasteiger partial charge on any atom is 0.290 e. The average Bonchev–Trinajstić information content (AvgIpc) is 2.75. The van der Waals surface area contributed by atoms with Gasteiger partial charge in [-0.2, -0.15) is 0 Å². The van der Waals surface area contributed by atoms with Gasteiger partial charge >= 0.3 is 0 Å². The molecule has 1 saturated carbocycles. The number of likely N-dealkylation sites (tertiary alicyclic amines) is 1. The third-order valence-corrected chi connectivity index (χ3v) is 6.00. The van der Waals surface area contributed by atoms with Crippen molar-refractivity contribution in [3.05, 3.63) is 35.9 Å².